The third kappa shape index (κ3) is 3.65. The standard InChI is InChI=1S/C35H22N4/c1-2-8-29(9-3-1)39-34-11-5-4-10-31(34)38-35(39)24-14-12-23(13-15-24)30-17-16-26-20-27-21-32-25(7-6-18-36-32)19-28(27)22-33(26)37-30/h1-22H. The summed E-state index contributed by atoms with van der Waals surface area (Å²) in [7, 11) is 0. The molecule has 0 atom stereocenters. The zero-order valence-electron chi connectivity index (χ0n) is 21.0. The first kappa shape index (κ1) is 21.7. The number of nitrogens with zero attached hydrogens (tertiary/aromatic N) is 4. The maximum Gasteiger partial charge on any atom is 0.145 e. The van der Waals surface area contributed by atoms with Gasteiger partial charge in [-0.05, 0) is 71.4 Å². The Bertz CT molecular complexity index is 2160. The SMILES string of the molecule is c1ccc(-n2c(-c3ccc(-c4ccc5cc6cc7ncccc7cc6cc5n4)cc3)nc3ccccc32)cc1. The van der Waals surface area contributed by atoms with Crippen molar-refractivity contribution in [3.05, 3.63) is 134 Å². The summed E-state index contributed by atoms with van der Waals surface area (Å²) in [5, 5.41) is 4.60. The zero-order valence-corrected chi connectivity index (χ0v) is 21.0. The fourth-order valence-electron chi connectivity index (χ4n) is 5.45. The molecule has 0 saturated heterocycles. The number of imidazole rings is 1. The van der Waals surface area contributed by atoms with Gasteiger partial charge in [0, 0.05) is 33.8 Å². The summed E-state index contributed by atoms with van der Waals surface area (Å²) in [6.07, 6.45) is 1.84. The molecule has 0 aliphatic rings. The van der Waals surface area contributed by atoms with Gasteiger partial charge in [0.05, 0.1) is 27.8 Å². The lowest BCUT2D eigenvalue weighted by Gasteiger charge is -2.10. The Labute approximate surface area is 224 Å². The van der Waals surface area contributed by atoms with Crippen LogP contribution < -0.4 is 0 Å². The van der Waals surface area contributed by atoms with Crippen LogP contribution >= 0.6 is 0 Å². The average Bonchev–Trinajstić information content (AvgIpc) is 3.39. The van der Waals surface area contributed by atoms with Gasteiger partial charge >= 0.3 is 0 Å². The van der Waals surface area contributed by atoms with Crippen molar-refractivity contribution in [1.29, 1.82) is 0 Å². The van der Waals surface area contributed by atoms with E-state index in [0.29, 0.717) is 0 Å². The van der Waals surface area contributed by atoms with Crippen molar-refractivity contribution < 1.29 is 0 Å². The Kier molecular flexibility index (Phi) is 4.79. The fourth-order valence-corrected chi connectivity index (χ4v) is 5.45. The third-order valence-electron chi connectivity index (χ3n) is 7.38. The Hall–Kier alpha value is -5.35. The highest BCUT2D eigenvalue weighted by molar-refractivity contribution is 6.03. The molecule has 8 rings (SSSR count). The molecule has 8 aromatic rings. The van der Waals surface area contributed by atoms with Crippen LogP contribution in [0, 0.1) is 0 Å². The van der Waals surface area contributed by atoms with Gasteiger partial charge in [-0.1, -0.05) is 66.7 Å². The van der Waals surface area contributed by atoms with Gasteiger partial charge in [0.25, 0.3) is 0 Å². The quantitative estimate of drug-likeness (QED) is 0.229. The summed E-state index contributed by atoms with van der Waals surface area (Å²) in [6, 6.07) is 44.3. The first-order chi connectivity index (χ1) is 19.3. The highest BCUT2D eigenvalue weighted by Crippen LogP contribution is 2.31. The largest absolute Gasteiger partial charge is 0.292 e. The van der Waals surface area contributed by atoms with E-state index in [4.69, 9.17) is 9.97 Å². The average molecular weight is 499 g/mol. The van der Waals surface area contributed by atoms with Crippen LogP contribution in [-0.2, 0) is 0 Å². The summed E-state index contributed by atoms with van der Waals surface area (Å²) in [5.41, 5.74) is 8.25. The Morgan fingerprint density at radius 2 is 1.18 bits per heavy atom. The summed E-state index contributed by atoms with van der Waals surface area (Å²) in [4.78, 5) is 14.5. The maximum atomic E-state index is 5.04. The van der Waals surface area contributed by atoms with Crippen molar-refractivity contribution in [2.75, 3.05) is 0 Å². The number of rotatable bonds is 3. The van der Waals surface area contributed by atoms with Crippen molar-refractivity contribution in [3.63, 3.8) is 0 Å². The monoisotopic (exact) mass is 498 g/mol. The van der Waals surface area contributed by atoms with Crippen molar-refractivity contribution in [1.82, 2.24) is 19.5 Å². The molecule has 0 aliphatic heterocycles. The fraction of sp³-hybridized carbons (Fsp3) is 0. The molecular formula is C35H22N4. The molecule has 0 fully saturated rings. The minimum Gasteiger partial charge on any atom is -0.292 e. The van der Waals surface area contributed by atoms with Crippen LogP contribution in [0.25, 0.3) is 71.9 Å². The van der Waals surface area contributed by atoms with E-state index in [-0.39, 0.29) is 0 Å². The summed E-state index contributed by atoms with van der Waals surface area (Å²) >= 11 is 0. The molecule has 4 heteroatoms. The molecule has 4 nitrogen and oxygen atoms in total. The molecule has 3 aromatic heterocycles. The summed E-state index contributed by atoms with van der Waals surface area (Å²) in [6.45, 7) is 0. The van der Waals surface area contributed by atoms with Crippen molar-refractivity contribution in [2.45, 2.75) is 0 Å². The highest BCUT2D eigenvalue weighted by atomic mass is 15.1. The molecule has 0 spiro atoms. The van der Waals surface area contributed by atoms with E-state index in [0.717, 1.165) is 61.2 Å². The number of aromatic nitrogens is 4. The third-order valence-corrected chi connectivity index (χ3v) is 7.38. The first-order valence-corrected chi connectivity index (χ1v) is 13.0. The van der Waals surface area contributed by atoms with Crippen LogP contribution in [0.2, 0.25) is 0 Å². The number of hydrogen-bond donors (Lipinski definition) is 0. The molecule has 39 heavy (non-hydrogen) atoms. The molecule has 0 N–H and O–H groups in total. The van der Waals surface area contributed by atoms with Crippen LogP contribution in [0.15, 0.2) is 134 Å². The minimum absolute atomic E-state index is 0.925. The number of pyridine rings is 2. The molecule has 3 heterocycles. The molecule has 0 aliphatic carbocycles. The van der Waals surface area contributed by atoms with Crippen LogP contribution in [0.5, 0.6) is 0 Å². The van der Waals surface area contributed by atoms with E-state index in [9.17, 15) is 0 Å². The molecule has 5 aromatic carbocycles. The normalized spacial score (nSPS) is 11.6. The topological polar surface area (TPSA) is 43.6 Å². The molecular weight excluding hydrogens is 476 g/mol. The predicted octanol–water partition coefficient (Wildman–Crippen LogP) is 8.61. The molecule has 0 saturated carbocycles. The molecule has 182 valence electrons. The van der Waals surface area contributed by atoms with Gasteiger partial charge in [-0.2, -0.15) is 0 Å². The smallest absolute Gasteiger partial charge is 0.145 e. The van der Waals surface area contributed by atoms with Gasteiger partial charge < -0.3 is 0 Å². The van der Waals surface area contributed by atoms with E-state index in [1.165, 1.54) is 10.8 Å². The Morgan fingerprint density at radius 1 is 0.462 bits per heavy atom. The molecule has 0 amide bonds. The molecule has 0 unspecified atom stereocenters. The van der Waals surface area contributed by atoms with Crippen molar-refractivity contribution >= 4 is 43.6 Å². The second kappa shape index (κ2) is 8.61. The number of para-hydroxylation sites is 3. The van der Waals surface area contributed by atoms with E-state index < -0.39 is 0 Å². The van der Waals surface area contributed by atoms with Gasteiger partial charge in [-0.15, -0.1) is 0 Å². The second-order valence-corrected chi connectivity index (χ2v) is 9.81. The lowest BCUT2D eigenvalue weighted by molar-refractivity contribution is 1.10. The minimum atomic E-state index is 0.925. The van der Waals surface area contributed by atoms with Crippen LogP contribution in [-0.4, -0.2) is 19.5 Å². The van der Waals surface area contributed by atoms with Gasteiger partial charge in [0.15, 0.2) is 0 Å². The van der Waals surface area contributed by atoms with Crippen molar-refractivity contribution in [2.24, 2.45) is 0 Å². The van der Waals surface area contributed by atoms with Gasteiger partial charge in [-0.25, -0.2) is 9.97 Å². The Morgan fingerprint density at radius 3 is 2.03 bits per heavy atom. The number of benzene rings is 5. The van der Waals surface area contributed by atoms with Gasteiger partial charge in [0.2, 0.25) is 0 Å². The maximum absolute atomic E-state index is 5.04. The predicted molar refractivity (Wildman–Crippen MR) is 160 cm³/mol. The lowest BCUT2D eigenvalue weighted by atomic mass is 10.0. The van der Waals surface area contributed by atoms with Crippen LogP contribution in [0.1, 0.15) is 0 Å². The summed E-state index contributed by atoms with van der Waals surface area (Å²) < 4.78 is 2.23. The van der Waals surface area contributed by atoms with Crippen LogP contribution in [0.4, 0.5) is 0 Å². The van der Waals surface area contributed by atoms with Crippen LogP contribution in [0.3, 0.4) is 0 Å². The van der Waals surface area contributed by atoms with Crippen molar-refractivity contribution in [3.8, 4) is 28.3 Å². The molecule has 0 bridgehead atoms. The zero-order chi connectivity index (χ0) is 25.8. The van der Waals surface area contributed by atoms with E-state index in [1.54, 1.807) is 0 Å². The molecule has 0 radical (unpaired) electrons. The lowest BCUT2D eigenvalue weighted by Crippen LogP contribution is -1.97. The summed E-state index contributed by atoms with van der Waals surface area (Å²) in [5.74, 6) is 0.925. The van der Waals surface area contributed by atoms with E-state index in [1.807, 2.05) is 24.4 Å². The second-order valence-electron chi connectivity index (χ2n) is 9.81. The van der Waals surface area contributed by atoms with E-state index in [2.05, 4.69) is 119 Å². The number of fused-ring (bicyclic) bond motifs is 4. The highest BCUT2D eigenvalue weighted by Gasteiger charge is 2.14. The van der Waals surface area contributed by atoms with Gasteiger partial charge in [0.1, 0.15) is 5.82 Å². The van der Waals surface area contributed by atoms with Gasteiger partial charge in [-0.3, -0.25) is 9.55 Å². The number of hydrogen-bond acceptors (Lipinski definition) is 3. The van der Waals surface area contributed by atoms with E-state index >= 15 is 0 Å². The Balaban J connectivity index is 1.21. The first-order valence-electron chi connectivity index (χ1n) is 13.0.